The molecule has 4 heavy (non-hydrogen) atoms. The summed E-state index contributed by atoms with van der Waals surface area (Å²) in [5, 5.41) is 0. The SMILES string of the molecule is CN.F.N. The van der Waals surface area contributed by atoms with Crippen molar-refractivity contribution in [3.05, 3.63) is 0 Å². The predicted octanol–water partition coefficient (Wildman–Crippen LogP) is -0.111. The van der Waals surface area contributed by atoms with Gasteiger partial charge in [0.1, 0.15) is 0 Å². The number of halogens is 1. The minimum Gasteiger partial charge on any atom is -0.344 e. The molecule has 0 amide bonds. The maximum Gasteiger partial charge on any atom is -0.0195 e. The highest BCUT2D eigenvalue weighted by Crippen LogP contribution is 0.469. The summed E-state index contributed by atoms with van der Waals surface area (Å²) in [6.45, 7) is 0. The summed E-state index contributed by atoms with van der Waals surface area (Å²) < 4.78 is 0. The Morgan fingerprint density at radius 1 is 1.25 bits per heavy atom. The van der Waals surface area contributed by atoms with Crippen molar-refractivity contribution in [3.8, 4) is 0 Å². The molecule has 0 atom stereocenters. The second-order valence-corrected chi connectivity index (χ2v) is 0. The van der Waals surface area contributed by atoms with Crippen molar-refractivity contribution in [2.45, 2.75) is 0 Å². The molecule has 3 heteroatoms. The monoisotopic (exact) mass is 68.1 g/mol. The van der Waals surface area contributed by atoms with Gasteiger partial charge in [0.25, 0.3) is 0 Å². The largest absolute Gasteiger partial charge is 0.344 e. The van der Waals surface area contributed by atoms with Crippen LogP contribution in [0.5, 0.6) is 0 Å². The van der Waals surface area contributed by atoms with E-state index in [0.717, 1.165) is 0 Å². The van der Waals surface area contributed by atoms with Gasteiger partial charge >= 0.3 is 0 Å². The third-order valence-electron chi connectivity index (χ3n) is 0. The molecular formula is CH9FN2. The van der Waals surface area contributed by atoms with E-state index in [9.17, 15) is 0 Å². The zero-order valence-electron chi connectivity index (χ0n) is 2.69. The van der Waals surface area contributed by atoms with Gasteiger partial charge < -0.3 is 11.9 Å². The molecule has 0 rings (SSSR count). The fourth-order valence-corrected chi connectivity index (χ4v) is 0. The standard InChI is InChI=1S/CH5N.FH.H3N/c1-2;;/h2H2,1H3;1H;1H3. The van der Waals surface area contributed by atoms with Gasteiger partial charge in [0.05, 0.1) is 0 Å². The molecule has 2 nitrogen and oxygen atoms in total. The van der Waals surface area contributed by atoms with Crippen LogP contribution in [0.1, 0.15) is 0 Å². The summed E-state index contributed by atoms with van der Waals surface area (Å²) in [4.78, 5) is 0. The first-order valence-electron chi connectivity index (χ1n) is 0.577. The van der Waals surface area contributed by atoms with Gasteiger partial charge in [-0.05, 0) is 7.05 Å². The molecule has 0 aromatic carbocycles. The van der Waals surface area contributed by atoms with Crippen LogP contribution in [0.3, 0.4) is 0 Å². The first-order chi connectivity index (χ1) is 1.00. The Morgan fingerprint density at radius 3 is 1.25 bits per heavy atom. The fraction of sp³-hybridized carbons (Fsp3) is 1.00. The average Bonchev–Trinajstić information content (AvgIpc) is 1.00. The van der Waals surface area contributed by atoms with E-state index in [1.807, 2.05) is 0 Å². The first kappa shape index (κ1) is 43.3. The van der Waals surface area contributed by atoms with E-state index in [4.69, 9.17) is 0 Å². The van der Waals surface area contributed by atoms with Crippen LogP contribution in [0.2, 0.25) is 0 Å². The van der Waals surface area contributed by atoms with Crippen LogP contribution in [0, 0.1) is 0 Å². The van der Waals surface area contributed by atoms with Gasteiger partial charge in [-0.2, -0.15) is 0 Å². The Kier molecular flexibility index (Phi) is 4690. The normalized spacial score (nSPS) is 1.50. The van der Waals surface area contributed by atoms with Gasteiger partial charge in [-0.1, -0.05) is 0 Å². The highest BCUT2D eigenvalue weighted by atomic mass is 19.0. The molecule has 0 aliphatic carbocycles. The molecule has 0 aromatic rings. The average molecular weight is 68.1 g/mol. The fourth-order valence-electron chi connectivity index (χ4n) is 0. The lowest BCUT2D eigenvalue weighted by atomic mass is 11.6. The maximum atomic E-state index is 4.50. The predicted molar refractivity (Wildman–Crippen MR) is 17.6 cm³/mol. The number of hydrogen-bond donors (Lipinski definition) is 2. The Labute approximate surface area is 24.9 Å². The van der Waals surface area contributed by atoms with Gasteiger partial charge in [-0.3, -0.25) is 4.70 Å². The van der Waals surface area contributed by atoms with Crippen molar-refractivity contribution >= 4 is 0 Å². The number of hydrogen-bond acceptors (Lipinski definition) is 2. The van der Waals surface area contributed by atoms with Crippen molar-refractivity contribution in [2.24, 2.45) is 5.73 Å². The van der Waals surface area contributed by atoms with Crippen LogP contribution in [0.25, 0.3) is 0 Å². The molecule has 0 aliphatic heterocycles. The molecule has 0 aromatic heterocycles. The molecule has 0 bridgehead atoms. The molecular weight excluding hydrogens is 59.0 g/mol. The molecule has 0 radical (unpaired) electrons. The molecule has 0 heterocycles. The third kappa shape index (κ3) is 59.4. The molecule has 0 saturated carbocycles. The summed E-state index contributed by atoms with van der Waals surface area (Å²) in [5.74, 6) is 0. The minimum atomic E-state index is 0. The lowest BCUT2D eigenvalue weighted by Crippen LogP contribution is -1.69. The highest BCUT2D eigenvalue weighted by Gasteiger charge is 0.836. The van der Waals surface area contributed by atoms with E-state index < -0.39 is 0 Å². The molecule has 0 saturated heterocycles. The quantitative estimate of drug-likeness (QED) is 0.416. The summed E-state index contributed by atoms with van der Waals surface area (Å²) in [7, 11) is 1.50. The first-order valence-corrected chi connectivity index (χ1v) is 0.577. The van der Waals surface area contributed by atoms with E-state index in [-0.39, 0.29) is 10.9 Å². The van der Waals surface area contributed by atoms with Gasteiger partial charge in [-0.25, -0.2) is 0 Å². The van der Waals surface area contributed by atoms with Crippen LogP contribution in [0.15, 0.2) is 0 Å². The molecule has 30 valence electrons. The molecule has 0 aliphatic rings. The van der Waals surface area contributed by atoms with Crippen LogP contribution in [-0.4, -0.2) is 7.05 Å². The topological polar surface area (TPSA) is 61.0 Å². The van der Waals surface area contributed by atoms with Crippen LogP contribution >= 0.6 is 0 Å². The van der Waals surface area contributed by atoms with Gasteiger partial charge in [0.15, 0.2) is 0 Å². The molecule has 5 N–H and O–H groups in total. The van der Waals surface area contributed by atoms with Crippen molar-refractivity contribution < 1.29 is 4.70 Å². The lowest BCUT2D eigenvalue weighted by Gasteiger charge is -1.19. The van der Waals surface area contributed by atoms with Crippen LogP contribution < -0.4 is 11.9 Å². The van der Waals surface area contributed by atoms with E-state index in [1.165, 1.54) is 7.05 Å². The van der Waals surface area contributed by atoms with Crippen molar-refractivity contribution in [1.29, 1.82) is 0 Å². The zero-order valence-corrected chi connectivity index (χ0v) is 2.69. The Hall–Kier alpha value is -0.150. The van der Waals surface area contributed by atoms with E-state index >= 15 is 0 Å². The summed E-state index contributed by atoms with van der Waals surface area (Å²) in [5.41, 5.74) is 4.50. The molecule has 0 fully saturated rings. The summed E-state index contributed by atoms with van der Waals surface area (Å²) >= 11 is 0. The van der Waals surface area contributed by atoms with Crippen LogP contribution in [0.4, 0.5) is 4.70 Å². The van der Waals surface area contributed by atoms with Crippen LogP contribution in [-0.2, 0) is 0 Å². The zero-order chi connectivity index (χ0) is 2.00. The number of rotatable bonds is 0. The van der Waals surface area contributed by atoms with Gasteiger partial charge in [0, 0.05) is 0 Å². The summed E-state index contributed by atoms with van der Waals surface area (Å²) in [6, 6.07) is 0. The maximum absolute atomic E-state index is 4.50. The highest BCUT2D eigenvalue weighted by molar-refractivity contribution is 3.54. The van der Waals surface area contributed by atoms with E-state index in [1.54, 1.807) is 0 Å². The third-order valence-corrected chi connectivity index (χ3v) is 0. The Balaban J connectivity index is -0.00000000500. The van der Waals surface area contributed by atoms with Crippen molar-refractivity contribution in [3.63, 3.8) is 0 Å². The smallest absolute Gasteiger partial charge is 0.0195 e. The summed E-state index contributed by atoms with van der Waals surface area (Å²) in [6.07, 6.45) is 0. The van der Waals surface area contributed by atoms with E-state index in [0.29, 0.717) is 0 Å². The molecule has 0 unspecified atom stereocenters. The minimum absolute atomic E-state index is 0. The second-order valence-electron chi connectivity index (χ2n) is 0. The van der Waals surface area contributed by atoms with E-state index in [2.05, 4.69) is 5.73 Å². The lowest BCUT2D eigenvalue weighted by molar-refractivity contribution is 1.11. The Morgan fingerprint density at radius 2 is 1.25 bits per heavy atom. The Bertz CT molecular complexity index is 6.00. The van der Waals surface area contributed by atoms with Gasteiger partial charge in [0.2, 0.25) is 0 Å². The van der Waals surface area contributed by atoms with Gasteiger partial charge in [-0.15, -0.1) is 0 Å². The number of nitrogens with two attached hydrogens (primary N) is 1. The van der Waals surface area contributed by atoms with Crippen molar-refractivity contribution in [2.75, 3.05) is 7.05 Å². The molecule has 0 spiro atoms. The van der Waals surface area contributed by atoms with Crippen molar-refractivity contribution in [1.82, 2.24) is 6.15 Å². The second kappa shape index (κ2) is 434.